The molecule has 0 aromatic heterocycles. The molecule has 10 aromatic carbocycles. The van der Waals surface area contributed by atoms with E-state index in [-0.39, 0.29) is 76.2 Å². The highest BCUT2D eigenvalue weighted by atomic mass is 79.9. The zero-order valence-corrected chi connectivity index (χ0v) is 67.1. The Hall–Kier alpha value is -6.72. The summed E-state index contributed by atoms with van der Waals surface area (Å²) in [5.41, 5.74) is 13.2. The molecule has 0 radical (unpaired) electrons. The van der Waals surface area contributed by atoms with Crippen LogP contribution in [-0.4, -0.2) is 51.1 Å². The molecular formula is C82H84Br4Cl4O10. The SMILES string of the molecule is CC(C)(c1cc(Br)c(O)c(Br)c1)c1cc(Br)c(O)c(Br)c1.CC(C)(c1cc(Cl)c(O)c(Cl)c1)c1cc(Cl)c(O)c(Cl)c1.CC(C)(c1ccc(O)cc1)c1ccc(O)cc1.Cc1cc(C(C)(C)c2cc(C)c(O)c(C)c2)cc(C)c1O.Oc1ccc(C2(c3ccc(O)cc3)CCCCC2)cc1. The molecule has 0 unspecified atom stereocenters. The van der Waals surface area contributed by atoms with Crippen molar-refractivity contribution in [2.45, 2.75) is 142 Å². The van der Waals surface area contributed by atoms with Gasteiger partial charge in [0, 0.05) is 27.1 Å². The molecule has 10 N–H and O–H groups in total. The summed E-state index contributed by atoms with van der Waals surface area (Å²) in [6, 6.07) is 52.0. The number of aromatic hydroxyl groups is 10. The van der Waals surface area contributed by atoms with Crippen molar-refractivity contribution in [3.05, 3.63) is 286 Å². The number of rotatable bonds is 10. The molecular weight excluding hydrogens is 1610 g/mol. The van der Waals surface area contributed by atoms with E-state index in [1.165, 1.54) is 41.5 Å². The molecule has 528 valence electrons. The van der Waals surface area contributed by atoms with E-state index in [1.807, 2.05) is 139 Å². The van der Waals surface area contributed by atoms with E-state index in [9.17, 15) is 51.1 Å². The van der Waals surface area contributed by atoms with Gasteiger partial charge in [-0.25, -0.2) is 0 Å². The second-order valence-corrected chi connectivity index (χ2v) is 32.4. The average molecular weight is 1690 g/mol. The van der Waals surface area contributed by atoms with E-state index in [0.29, 0.717) is 40.9 Å². The van der Waals surface area contributed by atoms with Crippen molar-refractivity contribution in [2.24, 2.45) is 0 Å². The number of phenolic OH excluding ortho intramolecular Hbond substituents is 10. The molecule has 0 aliphatic heterocycles. The molecule has 0 saturated heterocycles. The van der Waals surface area contributed by atoms with E-state index >= 15 is 0 Å². The predicted octanol–water partition coefficient (Wildman–Crippen LogP) is 24.9. The van der Waals surface area contributed by atoms with Crippen LogP contribution in [0.4, 0.5) is 0 Å². The van der Waals surface area contributed by atoms with Gasteiger partial charge in [0.15, 0.2) is 11.5 Å². The van der Waals surface area contributed by atoms with E-state index in [2.05, 4.69) is 105 Å². The largest absolute Gasteiger partial charge is 0.508 e. The van der Waals surface area contributed by atoms with Gasteiger partial charge in [0.2, 0.25) is 0 Å². The Labute approximate surface area is 641 Å². The Morgan fingerprint density at radius 3 is 0.730 bits per heavy atom. The highest BCUT2D eigenvalue weighted by Gasteiger charge is 2.36. The topological polar surface area (TPSA) is 202 Å². The molecule has 1 aliphatic carbocycles. The molecule has 0 bridgehead atoms. The lowest BCUT2D eigenvalue weighted by molar-refractivity contribution is 0.345. The Kier molecular flexibility index (Phi) is 26.7. The summed E-state index contributed by atoms with van der Waals surface area (Å²) >= 11 is 37.4. The van der Waals surface area contributed by atoms with Crippen LogP contribution in [0.5, 0.6) is 57.5 Å². The van der Waals surface area contributed by atoms with Gasteiger partial charge in [-0.05, 0) is 279 Å². The number of benzene rings is 10. The Bertz CT molecular complexity index is 3830. The van der Waals surface area contributed by atoms with Crippen LogP contribution in [0.1, 0.15) is 165 Å². The van der Waals surface area contributed by atoms with Crippen molar-refractivity contribution in [3.63, 3.8) is 0 Å². The highest BCUT2D eigenvalue weighted by Crippen LogP contribution is 2.48. The van der Waals surface area contributed by atoms with Gasteiger partial charge in [-0.15, -0.1) is 0 Å². The number of hydrogen-bond acceptors (Lipinski definition) is 10. The van der Waals surface area contributed by atoms with Crippen molar-refractivity contribution in [1.82, 2.24) is 0 Å². The van der Waals surface area contributed by atoms with Crippen molar-refractivity contribution < 1.29 is 51.1 Å². The van der Waals surface area contributed by atoms with Crippen LogP contribution in [0, 0.1) is 27.7 Å². The normalized spacial score (nSPS) is 12.9. The minimum Gasteiger partial charge on any atom is -0.508 e. The second-order valence-electron chi connectivity index (χ2n) is 27.4. The second kappa shape index (κ2) is 33.2. The lowest BCUT2D eigenvalue weighted by Gasteiger charge is -2.38. The molecule has 10 aromatic rings. The van der Waals surface area contributed by atoms with Crippen LogP contribution < -0.4 is 0 Å². The molecule has 0 amide bonds. The van der Waals surface area contributed by atoms with Crippen LogP contribution in [0.25, 0.3) is 0 Å². The molecule has 0 spiro atoms. The summed E-state index contributed by atoms with van der Waals surface area (Å²) in [6.45, 7) is 24.3. The smallest absolute Gasteiger partial charge is 0.152 e. The summed E-state index contributed by atoms with van der Waals surface area (Å²) < 4.78 is 2.54. The van der Waals surface area contributed by atoms with E-state index in [4.69, 9.17) is 46.4 Å². The Balaban J connectivity index is 0.000000176. The first-order valence-electron chi connectivity index (χ1n) is 32.2. The minimum absolute atomic E-state index is 0.0274. The lowest BCUT2D eigenvalue weighted by Crippen LogP contribution is -2.30. The van der Waals surface area contributed by atoms with Crippen LogP contribution in [0.2, 0.25) is 20.1 Å². The van der Waals surface area contributed by atoms with Crippen molar-refractivity contribution >= 4 is 110 Å². The third kappa shape index (κ3) is 18.7. The van der Waals surface area contributed by atoms with Gasteiger partial charge in [0.25, 0.3) is 0 Å². The number of halogens is 8. The fourth-order valence-electron chi connectivity index (χ4n) is 12.2. The maximum atomic E-state index is 9.96. The molecule has 100 heavy (non-hydrogen) atoms. The summed E-state index contributed by atoms with van der Waals surface area (Å²) in [6.07, 6.45) is 5.99. The molecule has 1 saturated carbocycles. The Morgan fingerprint density at radius 1 is 0.270 bits per heavy atom. The zero-order valence-electron chi connectivity index (χ0n) is 57.7. The fraction of sp³-hybridized carbons (Fsp3) is 0.268. The third-order valence-electron chi connectivity index (χ3n) is 19.1. The van der Waals surface area contributed by atoms with Gasteiger partial charge in [0.05, 0.1) is 38.0 Å². The van der Waals surface area contributed by atoms with Crippen LogP contribution in [0.3, 0.4) is 0 Å². The molecule has 18 heteroatoms. The van der Waals surface area contributed by atoms with Crippen molar-refractivity contribution in [1.29, 1.82) is 0 Å². The molecule has 0 atom stereocenters. The molecule has 10 nitrogen and oxygen atoms in total. The summed E-state index contributed by atoms with van der Waals surface area (Å²) in [5, 5.41) is 97.2. The average Bonchev–Trinajstić information content (AvgIpc) is 0.786. The number of phenols is 10. The van der Waals surface area contributed by atoms with Gasteiger partial charge >= 0.3 is 0 Å². The number of hydrogen-bond donors (Lipinski definition) is 10. The van der Waals surface area contributed by atoms with Gasteiger partial charge in [-0.2, -0.15) is 0 Å². The molecule has 0 heterocycles. The highest BCUT2D eigenvalue weighted by molar-refractivity contribution is 9.11. The molecule has 1 aliphatic rings. The van der Waals surface area contributed by atoms with Crippen molar-refractivity contribution in [2.75, 3.05) is 0 Å². The monoisotopic (exact) mass is 1680 g/mol. The molecule has 11 rings (SSSR count). The first kappa shape index (κ1) is 80.6. The van der Waals surface area contributed by atoms with Crippen LogP contribution in [-0.2, 0) is 27.1 Å². The van der Waals surface area contributed by atoms with Gasteiger partial charge < -0.3 is 51.1 Å². The van der Waals surface area contributed by atoms with Gasteiger partial charge in [0.1, 0.15) is 46.0 Å². The van der Waals surface area contributed by atoms with E-state index in [1.54, 1.807) is 72.8 Å². The van der Waals surface area contributed by atoms with E-state index in [0.717, 1.165) is 68.5 Å². The van der Waals surface area contributed by atoms with Gasteiger partial charge in [-0.3, -0.25) is 0 Å². The summed E-state index contributed by atoms with van der Waals surface area (Å²) in [5.74, 6) is 1.96. The maximum Gasteiger partial charge on any atom is 0.152 e. The first-order valence-corrected chi connectivity index (χ1v) is 36.9. The Morgan fingerprint density at radius 2 is 0.480 bits per heavy atom. The predicted molar refractivity (Wildman–Crippen MR) is 423 cm³/mol. The maximum absolute atomic E-state index is 9.96. The van der Waals surface area contributed by atoms with Gasteiger partial charge in [-0.1, -0.05) is 194 Å². The first-order chi connectivity index (χ1) is 46.6. The van der Waals surface area contributed by atoms with Crippen LogP contribution in [0.15, 0.2) is 188 Å². The quantitative estimate of drug-likeness (QED) is 0.0628. The summed E-state index contributed by atoms with van der Waals surface area (Å²) in [4.78, 5) is 0. The zero-order chi connectivity index (χ0) is 74.3. The minimum atomic E-state index is -0.526. The standard InChI is InChI=1S/C19H24O2.C18H20O2.C15H12Br4O2.C15H12Cl4O2.C15H16O2/c1-11-7-15(8-12(2)17(11)20)19(5,6)16-9-13(3)18(21)14(4)10-16;19-16-8-4-14(5-9-16)18(12-2-1-3-13-18)15-6-10-17(20)11-7-15;2*1-15(2,7-3-9(16)13(20)10(17)4-7)8-5-11(18)14(21)12(19)6-8;1-15(2,11-3-7-13(16)8-4-11)12-5-9-14(17)10-6-12/h7-10,20-21H,1-6H3;4-11,19-20H,1-3,12-13H2;2*3-6,20-21H,1-2H3;3-10,16-17H,1-2H3. The lowest BCUT2D eigenvalue weighted by atomic mass is 9.65. The summed E-state index contributed by atoms with van der Waals surface area (Å²) in [7, 11) is 0. The third-order valence-corrected chi connectivity index (χ3v) is 22.7. The fourth-order valence-corrected chi connectivity index (χ4v) is 15.6. The molecule has 1 fully saturated rings. The van der Waals surface area contributed by atoms with Crippen molar-refractivity contribution in [3.8, 4) is 57.5 Å². The van der Waals surface area contributed by atoms with E-state index < -0.39 is 5.41 Å². The van der Waals surface area contributed by atoms with Crippen LogP contribution >= 0.6 is 110 Å². The number of aryl methyl sites for hydroxylation is 4.